The number of ketones is 1. The standard InChI is InChI=1S/C17H10Cl2O4/c1-9(20)22-11-5-6-12-14(8-11)23-15(17(12)21)7-10-3-2-4-13(18)16(10)19/h2-8H,1H3/b15-7-. The summed E-state index contributed by atoms with van der Waals surface area (Å²) in [5.41, 5.74) is 0.973. The summed E-state index contributed by atoms with van der Waals surface area (Å²) in [5.74, 6) is 0.0505. The highest BCUT2D eigenvalue weighted by atomic mass is 35.5. The quantitative estimate of drug-likeness (QED) is 0.454. The van der Waals surface area contributed by atoms with Gasteiger partial charge in [0.1, 0.15) is 11.5 Å². The van der Waals surface area contributed by atoms with Crippen LogP contribution >= 0.6 is 23.2 Å². The van der Waals surface area contributed by atoms with Crippen LogP contribution < -0.4 is 9.47 Å². The predicted octanol–water partition coefficient (Wildman–Crippen LogP) is 4.53. The fourth-order valence-electron chi connectivity index (χ4n) is 2.17. The van der Waals surface area contributed by atoms with Gasteiger partial charge in [0, 0.05) is 13.0 Å². The molecule has 4 nitrogen and oxygen atoms in total. The van der Waals surface area contributed by atoms with Crippen molar-refractivity contribution < 1.29 is 19.1 Å². The Labute approximate surface area is 142 Å². The van der Waals surface area contributed by atoms with Crippen LogP contribution in [0.4, 0.5) is 0 Å². The molecular formula is C17H10Cl2O4. The number of Topliss-reactive ketones (excluding diaryl/α,β-unsaturated/α-hetero) is 1. The van der Waals surface area contributed by atoms with Crippen molar-refractivity contribution in [2.24, 2.45) is 0 Å². The molecule has 0 spiro atoms. The Balaban J connectivity index is 1.95. The van der Waals surface area contributed by atoms with Gasteiger partial charge in [0.05, 0.1) is 15.6 Å². The van der Waals surface area contributed by atoms with Gasteiger partial charge in [-0.25, -0.2) is 0 Å². The lowest BCUT2D eigenvalue weighted by molar-refractivity contribution is -0.131. The third-order valence-electron chi connectivity index (χ3n) is 3.17. The topological polar surface area (TPSA) is 52.6 Å². The van der Waals surface area contributed by atoms with E-state index in [1.165, 1.54) is 25.1 Å². The van der Waals surface area contributed by atoms with E-state index in [4.69, 9.17) is 32.7 Å². The van der Waals surface area contributed by atoms with Crippen molar-refractivity contribution in [1.29, 1.82) is 0 Å². The molecule has 1 aliphatic heterocycles. The molecule has 0 N–H and O–H groups in total. The molecular weight excluding hydrogens is 339 g/mol. The first-order valence-corrected chi connectivity index (χ1v) is 7.42. The Morgan fingerprint density at radius 1 is 1.22 bits per heavy atom. The van der Waals surface area contributed by atoms with E-state index in [2.05, 4.69) is 0 Å². The molecule has 0 fully saturated rings. The van der Waals surface area contributed by atoms with E-state index >= 15 is 0 Å². The monoisotopic (exact) mass is 348 g/mol. The summed E-state index contributed by atoms with van der Waals surface area (Å²) in [5, 5.41) is 0.732. The zero-order valence-corrected chi connectivity index (χ0v) is 13.4. The zero-order valence-electron chi connectivity index (χ0n) is 11.9. The number of hydrogen-bond donors (Lipinski definition) is 0. The van der Waals surface area contributed by atoms with E-state index in [0.29, 0.717) is 32.7 Å². The number of hydrogen-bond acceptors (Lipinski definition) is 4. The molecule has 0 unspecified atom stereocenters. The summed E-state index contributed by atoms with van der Waals surface area (Å²) in [4.78, 5) is 23.3. The third-order valence-corrected chi connectivity index (χ3v) is 4.00. The van der Waals surface area contributed by atoms with E-state index in [1.54, 1.807) is 24.3 Å². The molecule has 1 heterocycles. The molecule has 116 valence electrons. The first-order valence-electron chi connectivity index (χ1n) is 6.66. The van der Waals surface area contributed by atoms with Crippen molar-refractivity contribution >= 4 is 41.0 Å². The predicted molar refractivity (Wildman–Crippen MR) is 87.1 cm³/mol. The SMILES string of the molecule is CC(=O)Oc1ccc2c(c1)O/C(=C\c1cccc(Cl)c1Cl)C2=O. The van der Waals surface area contributed by atoms with Crippen LogP contribution in [0.15, 0.2) is 42.2 Å². The number of fused-ring (bicyclic) bond motifs is 1. The molecule has 0 radical (unpaired) electrons. The number of carbonyl (C=O) groups excluding carboxylic acids is 2. The van der Waals surface area contributed by atoms with E-state index in [-0.39, 0.29) is 11.5 Å². The normalized spacial score (nSPS) is 14.6. The van der Waals surface area contributed by atoms with Crippen LogP contribution in [0.5, 0.6) is 11.5 Å². The van der Waals surface area contributed by atoms with Gasteiger partial charge in [-0.2, -0.15) is 0 Å². The molecule has 0 atom stereocenters. The molecule has 3 rings (SSSR count). The number of carbonyl (C=O) groups is 2. The van der Waals surface area contributed by atoms with Crippen LogP contribution in [0.3, 0.4) is 0 Å². The number of halogens is 2. The minimum atomic E-state index is -0.448. The van der Waals surface area contributed by atoms with Crippen LogP contribution in [0.1, 0.15) is 22.8 Å². The van der Waals surface area contributed by atoms with Crippen LogP contribution in [0, 0.1) is 0 Å². The number of esters is 1. The van der Waals surface area contributed by atoms with Crippen molar-refractivity contribution in [3.63, 3.8) is 0 Å². The van der Waals surface area contributed by atoms with Gasteiger partial charge in [0.25, 0.3) is 0 Å². The minimum Gasteiger partial charge on any atom is -0.452 e. The molecule has 2 aromatic rings. The minimum absolute atomic E-state index is 0.129. The largest absolute Gasteiger partial charge is 0.452 e. The van der Waals surface area contributed by atoms with Gasteiger partial charge in [-0.05, 0) is 29.8 Å². The summed E-state index contributed by atoms with van der Waals surface area (Å²) >= 11 is 12.1. The Bertz CT molecular complexity index is 856. The van der Waals surface area contributed by atoms with Crippen LogP contribution in [-0.4, -0.2) is 11.8 Å². The summed E-state index contributed by atoms with van der Waals surface area (Å²) in [6.45, 7) is 1.30. The fourth-order valence-corrected chi connectivity index (χ4v) is 2.53. The van der Waals surface area contributed by atoms with Crippen LogP contribution in [0.25, 0.3) is 6.08 Å². The van der Waals surface area contributed by atoms with E-state index < -0.39 is 5.97 Å². The zero-order chi connectivity index (χ0) is 16.6. The summed E-state index contributed by atoms with van der Waals surface area (Å²) in [7, 11) is 0. The first-order chi connectivity index (χ1) is 11.0. The van der Waals surface area contributed by atoms with Crippen molar-refractivity contribution in [2.75, 3.05) is 0 Å². The van der Waals surface area contributed by atoms with E-state index in [9.17, 15) is 9.59 Å². The highest BCUT2D eigenvalue weighted by Crippen LogP contribution is 2.36. The molecule has 0 saturated carbocycles. The summed E-state index contributed by atoms with van der Waals surface area (Å²) in [6, 6.07) is 9.70. The highest BCUT2D eigenvalue weighted by molar-refractivity contribution is 6.43. The smallest absolute Gasteiger partial charge is 0.308 e. The van der Waals surface area contributed by atoms with Crippen molar-refractivity contribution in [1.82, 2.24) is 0 Å². The Morgan fingerprint density at radius 3 is 2.74 bits per heavy atom. The number of rotatable bonds is 2. The second-order valence-electron chi connectivity index (χ2n) is 4.83. The summed E-state index contributed by atoms with van der Waals surface area (Å²) < 4.78 is 10.5. The summed E-state index contributed by atoms with van der Waals surface area (Å²) in [6.07, 6.45) is 1.53. The van der Waals surface area contributed by atoms with Crippen LogP contribution in [0.2, 0.25) is 10.0 Å². The maximum absolute atomic E-state index is 12.4. The number of benzene rings is 2. The number of allylic oxidation sites excluding steroid dienone is 1. The lowest BCUT2D eigenvalue weighted by Gasteiger charge is -2.03. The van der Waals surface area contributed by atoms with Crippen LogP contribution in [-0.2, 0) is 4.79 Å². The molecule has 0 amide bonds. The van der Waals surface area contributed by atoms with E-state index in [0.717, 1.165) is 0 Å². The maximum atomic E-state index is 12.4. The van der Waals surface area contributed by atoms with Gasteiger partial charge in [0.15, 0.2) is 5.76 Å². The lowest BCUT2D eigenvalue weighted by atomic mass is 10.1. The molecule has 2 aromatic carbocycles. The second kappa shape index (κ2) is 6.07. The van der Waals surface area contributed by atoms with Gasteiger partial charge < -0.3 is 9.47 Å². The van der Waals surface area contributed by atoms with Crippen molar-refractivity contribution in [3.8, 4) is 11.5 Å². The first kappa shape index (κ1) is 15.6. The Kier molecular flexibility index (Phi) is 4.11. The van der Waals surface area contributed by atoms with Crippen molar-refractivity contribution in [2.45, 2.75) is 6.92 Å². The molecule has 0 aliphatic carbocycles. The van der Waals surface area contributed by atoms with Gasteiger partial charge >= 0.3 is 5.97 Å². The molecule has 6 heteroatoms. The van der Waals surface area contributed by atoms with Gasteiger partial charge in [-0.15, -0.1) is 0 Å². The third kappa shape index (κ3) is 3.09. The van der Waals surface area contributed by atoms with Gasteiger partial charge in [0.2, 0.25) is 5.78 Å². The molecule has 0 bridgehead atoms. The average molecular weight is 349 g/mol. The Hall–Kier alpha value is -2.30. The average Bonchev–Trinajstić information content (AvgIpc) is 2.79. The fraction of sp³-hybridized carbons (Fsp3) is 0.0588. The molecule has 0 saturated heterocycles. The van der Waals surface area contributed by atoms with Gasteiger partial charge in [-0.1, -0.05) is 35.3 Å². The van der Waals surface area contributed by atoms with Crippen molar-refractivity contribution in [3.05, 3.63) is 63.3 Å². The molecule has 23 heavy (non-hydrogen) atoms. The Morgan fingerprint density at radius 2 is 2.00 bits per heavy atom. The van der Waals surface area contributed by atoms with E-state index in [1.807, 2.05) is 0 Å². The van der Waals surface area contributed by atoms with Gasteiger partial charge in [-0.3, -0.25) is 9.59 Å². The maximum Gasteiger partial charge on any atom is 0.308 e. The highest BCUT2D eigenvalue weighted by Gasteiger charge is 2.28. The molecule has 0 aromatic heterocycles. The lowest BCUT2D eigenvalue weighted by Crippen LogP contribution is -2.01. The second-order valence-corrected chi connectivity index (χ2v) is 5.62. The number of ether oxygens (including phenoxy) is 2. The molecule has 1 aliphatic rings.